The van der Waals surface area contributed by atoms with Crippen molar-refractivity contribution in [2.45, 2.75) is 51.1 Å². The molecule has 1 atom stereocenters. The number of carbonyl (C=O) groups is 1. The molecule has 0 spiro atoms. The Kier molecular flexibility index (Phi) is 7.31. The summed E-state index contributed by atoms with van der Waals surface area (Å²) in [5, 5.41) is 0.716. The van der Waals surface area contributed by atoms with Gasteiger partial charge in [0.2, 0.25) is 0 Å². The van der Waals surface area contributed by atoms with Crippen LogP contribution in [0.25, 0.3) is 0 Å². The summed E-state index contributed by atoms with van der Waals surface area (Å²) >= 11 is 6.31. The van der Waals surface area contributed by atoms with Crippen LogP contribution < -0.4 is 14.5 Å². The van der Waals surface area contributed by atoms with Crippen molar-refractivity contribution < 1.29 is 9.53 Å². The molecule has 6 heteroatoms. The number of fused-ring (bicyclic) bond motifs is 1. The minimum absolute atomic E-state index is 0.173. The number of rotatable bonds is 6. The van der Waals surface area contributed by atoms with Crippen LogP contribution in [-0.4, -0.2) is 56.7 Å². The molecule has 5 nitrogen and oxygen atoms in total. The normalized spacial score (nSPS) is 20.6. The highest BCUT2D eigenvalue weighted by atomic mass is 35.5. The number of benzene rings is 2. The molecule has 2 aromatic rings. The number of hydrogen-bond acceptors (Lipinski definition) is 5. The Morgan fingerprint density at radius 1 is 0.941 bits per heavy atom. The summed E-state index contributed by atoms with van der Waals surface area (Å²) in [5.41, 5.74) is 3.66. The van der Waals surface area contributed by atoms with Gasteiger partial charge >= 0.3 is 0 Å². The van der Waals surface area contributed by atoms with E-state index in [0.717, 1.165) is 69.8 Å². The first-order valence-corrected chi connectivity index (χ1v) is 13.2. The van der Waals surface area contributed by atoms with E-state index in [-0.39, 0.29) is 12.1 Å². The second-order valence-electron chi connectivity index (χ2n) is 9.88. The molecule has 0 N–H and O–H groups in total. The van der Waals surface area contributed by atoms with Crippen molar-refractivity contribution in [2.24, 2.45) is 5.92 Å². The Morgan fingerprint density at radius 2 is 1.71 bits per heavy atom. The third-order valence-electron chi connectivity index (χ3n) is 7.85. The molecule has 0 aromatic heterocycles. The van der Waals surface area contributed by atoms with Crippen LogP contribution in [0.15, 0.2) is 42.5 Å². The highest BCUT2D eigenvalue weighted by Gasteiger charge is 2.39. The van der Waals surface area contributed by atoms with Gasteiger partial charge in [0.25, 0.3) is 0 Å². The van der Waals surface area contributed by atoms with Crippen LogP contribution in [-0.2, 0) is 11.2 Å². The predicted molar refractivity (Wildman–Crippen MR) is 139 cm³/mol. The molecule has 3 aliphatic rings. The molecule has 2 fully saturated rings. The van der Waals surface area contributed by atoms with Gasteiger partial charge in [-0.1, -0.05) is 49.1 Å². The highest BCUT2D eigenvalue weighted by Crippen LogP contribution is 2.35. The van der Waals surface area contributed by atoms with Crippen molar-refractivity contribution in [3.05, 3.63) is 53.1 Å². The smallest absolute Gasteiger partial charge is 0.173 e. The molecule has 1 unspecified atom stereocenters. The van der Waals surface area contributed by atoms with Crippen LogP contribution in [0.1, 0.15) is 44.1 Å². The van der Waals surface area contributed by atoms with E-state index in [9.17, 15) is 4.79 Å². The van der Waals surface area contributed by atoms with E-state index in [0.29, 0.717) is 10.8 Å². The second-order valence-corrected chi connectivity index (χ2v) is 10.3. The fourth-order valence-electron chi connectivity index (χ4n) is 6.06. The van der Waals surface area contributed by atoms with Gasteiger partial charge in [-0.3, -0.25) is 9.69 Å². The van der Waals surface area contributed by atoms with E-state index in [1.165, 1.54) is 30.5 Å². The van der Waals surface area contributed by atoms with Crippen LogP contribution >= 0.6 is 11.6 Å². The Labute approximate surface area is 208 Å². The number of carbonyl (C=O) groups excluding carboxylic acids is 1. The van der Waals surface area contributed by atoms with Crippen molar-refractivity contribution in [1.82, 2.24) is 4.90 Å². The molecule has 0 radical (unpaired) electrons. The molecule has 1 saturated heterocycles. The lowest BCUT2D eigenvalue weighted by Crippen LogP contribution is -2.61. The van der Waals surface area contributed by atoms with Crippen molar-refractivity contribution in [2.75, 3.05) is 49.6 Å². The number of anilines is 2. The van der Waals surface area contributed by atoms with Gasteiger partial charge in [0.15, 0.2) is 5.78 Å². The maximum absolute atomic E-state index is 14.1. The van der Waals surface area contributed by atoms with Crippen LogP contribution in [0.3, 0.4) is 0 Å². The zero-order valence-corrected chi connectivity index (χ0v) is 21.0. The lowest BCUT2D eigenvalue weighted by molar-refractivity contribution is -0.129. The zero-order chi connectivity index (χ0) is 23.5. The number of hydrogen-bond donors (Lipinski definition) is 0. The highest BCUT2D eigenvalue weighted by molar-refractivity contribution is 6.30. The molecule has 5 rings (SSSR count). The number of Topliss-reactive ketones (excluding diaryl/α,β-unsaturated/α-hetero) is 1. The summed E-state index contributed by atoms with van der Waals surface area (Å²) in [5.74, 6) is 1.47. The first-order valence-electron chi connectivity index (χ1n) is 12.9. The Bertz CT molecular complexity index is 999. The largest absolute Gasteiger partial charge is 0.495 e. The van der Waals surface area contributed by atoms with Crippen molar-refractivity contribution in [3.63, 3.8) is 0 Å². The summed E-state index contributed by atoms with van der Waals surface area (Å²) in [7, 11) is 1.70. The monoisotopic (exact) mass is 481 g/mol. The fraction of sp³-hybridized carbons (Fsp3) is 0.536. The number of piperazine rings is 1. The third-order valence-corrected chi connectivity index (χ3v) is 8.08. The number of ether oxygens (including phenoxy) is 1. The quantitative estimate of drug-likeness (QED) is 0.552. The molecule has 0 bridgehead atoms. The summed E-state index contributed by atoms with van der Waals surface area (Å²) in [6.07, 6.45) is 7.75. The van der Waals surface area contributed by atoms with Crippen LogP contribution in [0.5, 0.6) is 5.75 Å². The van der Waals surface area contributed by atoms with Gasteiger partial charge in [0.05, 0.1) is 12.8 Å². The van der Waals surface area contributed by atoms with Crippen molar-refractivity contribution in [3.8, 4) is 5.75 Å². The summed E-state index contributed by atoms with van der Waals surface area (Å²) in [4.78, 5) is 21.3. The predicted octanol–water partition coefficient (Wildman–Crippen LogP) is 5.40. The van der Waals surface area contributed by atoms with Gasteiger partial charge in [-0.25, -0.2) is 0 Å². The Morgan fingerprint density at radius 3 is 2.47 bits per heavy atom. The zero-order valence-electron chi connectivity index (χ0n) is 20.2. The number of para-hydroxylation sites is 1. The van der Waals surface area contributed by atoms with Gasteiger partial charge in [-0.2, -0.15) is 0 Å². The molecule has 2 aromatic carbocycles. The molecule has 0 amide bonds. The molecule has 182 valence electrons. The van der Waals surface area contributed by atoms with Gasteiger partial charge in [-0.05, 0) is 55.5 Å². The van der Waals surface area contributed by atoms with Gasteiger partial charge in [-0.15, -0.1) is 0 Å². The van der Waals surface area contributed by atoms with E-state index in [2.05, 4.69) is 39.0 Å². The number of methoxy groups -OCH3 is 1. The molecule has 2 aliphatic heterocycles. The number of halogens is 1. The molecule has 2 heterocycles. The lowest BCUT2D eigenvalue weighted by Gasteiger charge is -2.47. The number of nitrogens with zero attached hydrogens (tertiary/aromatic N) is 3. The maximum Gasteiger partial charge on any atom is 0.173 e. The van der Waals surface area contributed by atoms with E-state index in [1.54, 1.807) is 7.11 Å². The molecule has 1 aliphatic carbocycles. The summed E-state index contributed by atoms with van der Waals surface area (Å²) < 4.78 is 5.60. The standard InChI is InChI=1S/C28H36ClN3O2/c1-34-26-14-13-23(29)20-25(26)30-16-18-31(19-17-30)28(27(33)22-9-3-2-4-10-22)32-15-7-11-21-8-5-6-12-24(21)32/h5-6,8,12-14,20,22,28H,2-4,7,9-11,15-19H2,1H3. The van der Waals surface area contributed by atoms with E-state index in [4.69, 9.17) is 16.3 Å². The van der Waals surface area contributed by atoms with Crippen molar-refractivity contribution in [1.29, 1.82) is 0 Å². The van der Waals surface area contributed by atoms with Crippen LogP contribution in [0, 0.1) is 5.92 Å². The van der Waals surface area contributed by atoms with Crippen LogP contribution in [0.4, 0.5) is 11.4 Å². The van der Waals surface area contributed by atoms with Gasteiger partial charge < -0.3 is 14.5 Å². The van der Waals surface area contributed by atoms with Crippen LogP contribution in [0.2, 0.25) is 5.02 Å². The molecular formula is C28H36ClN3O2. The average Bonchev–Trinajstić information content (AvgIpc) is 2.90. The SMILES string of the molecule is COc1ccc(Cl)cc1N1CCN(C(C(=O)C2CCCCC2)N2CCCc3ccccc32)CC1. The maximum atomic E-state index is 14.1. The Balaban J connectivity index is 1.40. The topological polar surface area (TPSA) is 36.0 Å². The summed E-state index contributed by atoms with van der Waals surface area (Å²) in [6.45, 7) is 4.33. The first-order chi connectivity index (χ1) is 16.7. The third kappa shape index (κ3) is 4.78. The molecular weight excluding hydrogens is 446 g/mol. The van der Waals surface area contributed by atoms with E-state index < -0.39 is 0 Å². The number of aryl methyl sites for hydroxylation is 1. The first kappa shape index (κ1) is 23.5. The van der Waals surface area contributed by atoms with Gasteiger partial charge in [0.1, 0.15) is 11.9 Å². The molecule has 34 heavy (non-hydrogen) atoms. The Hall–Kier alpha value is -2.24. The van der Waals surface area contributed by atoms with E-state index >= 15 is 0 Å². The van der Waals surface area contributed by atoms with Gasteiger partial charge in [0, 0.05) is 49.4 Å². The average molecular weight is 482 g/mol. The minimum atomic E-state index is -0.173. The molecule has 1 saturated carbocycles. The lowest BCUT2D eigenvalue weighted by atomic mass is 9.84. The fourth-order valence-corrected chi connectivity index (χ4v) is 6.23. The van der Waals surface area contributed by atoms with Crippen molar-refractivity contribution >= 4 is 28.8 Å². The van der Waals surface area contributed by atoms with E-state index in [1.807, 2.05) is 18.2 Å². The second kappa shape index (κ2) is 10.6. The summed E-state index contributed by atoms with van der Waals surface area (Å²) in [6, 6.07) is 14.5. The minimum Gasteiger partial charge on any atom is -0.495 e. The number of ketones is 1.